The number of rotatable bonds is 7. The van der Waals surface area contributed by atoms with Crippen LogP contribution in [-0.4, -0.2) is 34.7 Å². The number of amides is 2. The lowest BCUT2D eigenvalue weighted by Gasteiger charge is -2.06. The Kier molecular flexibility index (Phi) is 5.77. The predicted molar refractivity (Wildman–Crippen MR) is 99.1 cm³/mol. The molecule has 1 aromatic heterocycles. The summed E-state index contributed by atoms with van der Waals surface area (Å²) in [6.07, 6.45) is 4.40. The first kappa shape index (κ1) is 17.4. The molecule has 6 heteroatoms. The molecule has 0 atom stereocenters. The first-order chi connectivity index (χ1) is 12.7. The molecule has 0 unspecified atom stereocenters. The molecule has 2 amide bonds. The van der Waals surface area contributed by atoms with Crippen LogP contribution in [0.4, 0.5) is 0 Å². The fourth-order valence-corrected chi connectivity index (χ4v) is 2.47. The van der Waals surface area contributed by atoms with Gasteiger partial charge in [0.05, 0.1) is 18.4 Å². The van der Waals surface area contributed by atoms with Crippen LogP contribution in [0.25, 0.3) is 5.69 Å². The number of carbonyl (C=O) groups is 2. The quantitative estimate of drug-likeness (QED) is 0.685. The highest BCUT2D eigenvalue weighted by Gasteiger charge is 2.07. The topological polar surface area (TPSA) is 76.0 Å². The van der Waals surface area contributed by atoms with Crippen LogP contribution in [0.2, 0.25) is 0 Å². The van der Waals surface area contributed by atoms with Gasteiger partial charge in [0.15, 0.2) is 0 Å². The Morgan fingerprint density at radius 3 is 2.35 bits per heavy atom. The molecule has 0 radical (unpaired) electrons. The molecule has 0 spiro atoms. The summed E-state index contributed by atoms with van der Waals surface area (Å²) >= 11 is 0. The average molecular weight is 348 g/mol. The molecule has 0 bridgehead atoms. The summed E-state index contributed by atoms with van der Waals surface area (Å²) in [5.74, 6) is -0.477. The van der Waals surface area contributed by atoms with E-state index in [1.165, 1.54) is 0 Å². The highest BCUT2D eigenvalue weighted by atomic mass is 16.2. The van der Waals surface area contributed by atoms with Gasteiger partial charge < -0.3 is 10.6 Å². The van der Waals surface area contributed by atoms with Gasteiger partial charge >= 0.3 is 0 Å². The third-order valence-corrected chi connectivity index (χ3v) is 3.84. The van der Waals surface area contributed by atoms with Gasteiger partial charge in [0, 0.05) is 18.3 Å². The molecule has 0 saturated heterocycles. The third kappa shape index (κ3) is 4.80. The van der Waals surface area contributed by atoms with E-state index in [-0.39, 0.29) is 18.4 Å². The molecule has 0 saturated carbocycles. The summed E-state index contributed by atoms with van der Waals surface area (Å²) < 4.78 is 1.80. The third-order valence-electron chi connectivity index (χ3n) is 3.84. The molecule has 0 aliphatic carbocycles. The van der Waals surface area contributed by atoms with Crippen LogP contribution in [0.15, 0.2) is 73.1 Å². The summed E-state index contributed by atoms with van der Waals surface area (Å²) in [7, 11) is 0. The van der Waals surface area contributed by atoms with Gasteiger partial charge in [0.1, 0.15) is 0 Å². The lowest BCUT2D eigenvalue weighted by molar-refractivity contribution is -0.120. The van der Waals surface area contributed by atoms with Crippen LogP contribution in [0.1, 0.15) is 15.9 Å². The summed E-state index contributed by atoms with van der Waals surface area (Å²) in [5, 5.41) is 9.73. The van der Waals surface area contributed by atoms with Crippen LogP contribution in [0, 0.1) is 0 Å². The van der Waals surface area contributed by atoms with E-state index in [9.17, 15) is 9.59 Å². The van der Waals surface area contributed by atoms with Crippen molar-refractivity contribution in [3.05, 3.63) is 84.2 Å². The first-order valence-electron chi connectivity index (χ1n) is 8.41. The van der Waals surface area contributed by atoms with E-state index in [0.717, 1.165) is 11.3 Å². The molecular weight excluding hydrogens is 328 g/mol. The van der Waals surface area contributed by atoms with Gasteiger partial charge in [-0.2, -0.15) is 5.10 Å². The first-order valence-corrected chi connectivity index (χ1v) is 8.41. The number of hydrogen-bond acceptors (Lipinski definition) is 3. The zero-order chi connectivity index (χ0) is 18.2. The number of para-hydroxylation sites is 1. The Morgan fingerprint density at radius 1 is 0.923 bits per heavy atom. The summed E-state index contributed by atoms with van der Waals surface area (Å²) in [6.45, 7) is 0.442. The maximum Gasteiger partial charge on any atom is 0.251 e. The Morgan fingerprint density at radius 2 is 1.62 bits per heavy atom. The van der Waals surface area contributed by atoms with Crippen molar-refractivity contribution in [1.29, 1.82) is 0 Å². The van der Waals surface area contributed by atoms with Crippen molar-refractivity contribution in [2.75, 3.05) is 13.1 Å². The minimum atomic E-state index is -0.259. The maximum absolute atomic E-state index is 11.9. The largest absolute Gasteiger partial charge is 0.354 e. The molecule has 3 aromatic rings. The van der Waals surface area contributed by atoms with E-state index < -0.39 is 0 Å². The normalized spacial score (nSPS) is 10.3. The highest BCUT2D eigenvalue weighted by molar-refractivity contribution is 5.96. The van der Waals surface area contributed by atoms with E-state index in [1.54, 1.807) is 35.1 Å². The summed E-state index contributed by atoms with van der Waals surface area (Å²) in [6, 6.07) is 18.6. The number of nitrogens with one attached hydrogen (secondary N) is 2. The SMILES string of the molecule is O=C(CNC(=O)c1ccccc1)NCCc1cnn(-c2ccccc2)c1. The smallest absolute Gasteiger partial charge is 0.251 e. The second-order valence-electron chi connectivity index (χ2n) is 5.78. The zero-order valence-electron chi connectivity index (χ0n) is 14.3. The molecule has 26 heavy (non-hydrogen) atoms. The van der Waals surface area contributed by atoms with Crippen molar-refractivity contribution >= 4 is 11.8 Å². The standard InChI is InChI=1S/C20H20N4O2/c25-19(14-22-20(26)17-7-3-1-4-8-17)21-12-11-16-13-23-24(15-16)18-9-5-2-6-10-18/h1-10,13,15H,11-12,14H2,(H,21,25)(H,22,26). The average Bonchev–Trinajstić information content (AvgIpc) is 3.16. The van der Waals surface area contributed by atoms with E-state index >= 15 is 0 Å². The van der Waals surface area contributed by atoms with Crippen molar-refractivity contribution in [3.8, 4) is 5.69 Å². The van der Waals surface area contributed by atoms with Crippen molar-refractivity contribution < 1.29 is 9.59 Å². The number of benzene rings is 2. The van der Waals surface area contributed by atoms with Gasteiger partial charge in [-0.1, -0.05) is 36.4 Å². The molecule has 6 nitrogen and oxygen atoms in total. The van der Waals surface area contributed by atoms with Crippen molar-refractivity contribution in [2.24, 2.45) is 0 Å². The van der Waals surface area contributed by atoms with Crippen LogP contribution in [0.3, 0.4) is 0 Å². The Bertz CT molecular complexity index is 860. The molecular formula is C20H20N4O2. The second kappa shape index (κ2) is 8.62. The highest BCUT2D eigenvalue weighted by Crippen LogP contribution is 2.07. The van der Waals surface area contributed by atoms with Crippen LogP contribution >= 0.6 is 0 Å². The van der Waals surface area contributed by atoms with Crippen molar-refractivity contribution in [2.45, 2.75) is 6.42 Å². The van der Waals surface area contributed by atoms with Crippen molar-refractivity contribution in [1.82, 2.24) is 20.4 Å². The summed E-state index contributed by atoms with van der Waals surface area (Å²) in [4.78, 5) is 23.7. The van der Waals surface area contributed by atoms with Gasteiger partial charge in [-0.3, -0.25) is 9.59 Å². The van der Waals surface area contributed by atoms with E-state index in [0.29, 0.717) is 18.5 Å². The van der Waals surface area contributed by atoms with Crippen molar-refractivity contribution in [3.63, 3.8) is 0 Å². The lowest BCUT2D eigenvalue weighted by Crippen LogP contribution is -2.37. The molecule has 2 aromatic carbocycles. The minimum Gasteiger partial charge on any atom is -0.354 e. The van der Waals surface area contributed by atoms with Crippen LogP contribution in [0.5, 0.6) is 0 Å². The monoisotopic (exact) mass is 348 g/mol. The summed E-state index contributed by atoms with van der Waals surface area (Å²) in [5.41, 5.74) is 2.56. The molecule has 132 valence electrons. The predicted octanol–water partition coefficient (Wildman–Crippen LogP) is 1.96. The number of carbonyl (C=O) groups excluding carboxylic acids is 2. The molecule has 0 fully saturated rings. The number of nitrogens with zero attached hydrogens (tertiary/aromatic N) is 2. The molecule has 0 aliphatic rings. The van der Waals surface area contributed by atoms with Gasteiger partial charge in [0.2, 0.25) is 5.91 Å². The number of aromatic nitrogens is 2. The molecule has 3 rings (SSSR count). The van der Waals surface area contributed by atoms with Crippen LogP contribution < -0.4 is 10.6 Å². The minimum absolute atomic E-state index is 0.0446. The molecule has 0 aliphatic heterocycles. The van der Waals surface area contributed by atoms with Gasteiger partial charge in [-0.05, 0) is 36.2 Å². The Hall–Kier alpha value is -3.41. The Labute approximate surface area is 151 Å². The van der Waals surface area contributed by atoms with Gasteiger partial charge in [-0.25, -0.2) is 4.68 Å². The molecule has 2 N–H and O–H groups in total. The fourth-order valence-electron chi connectivity index (χ4n) is 2.47. The zero-order valence-corrected chi connectivity index (χ0v) is 14.3. The molecule has 1 heterocycles. The lowest BCUT2D eigenvalue weighted by atomic mass is 10.2. The van der Waals surface area contributed by atoms with Gasteiger partial charge in [-0.15, -0.1) is 0 Å². The van der Waals surface area contributed by atoms with E-state index in [4.69, 9.17) is 0 Å². The Balaban J connectivity index is 1.40. The number of hydrogen-bond donors (Lipinski definition) is 2. The van der Waals surface area contributed by atoms with E-state index in [1.807, 2.05) is 42.6 Å². The van der Waals surface area contributed by atoms with Gasteiger partial charge in [0.25, 0.3) is 5.91 Å². The second-order valence-corrected chi connectivity index (χ2v) is 5.78. The van der Waals surface area contributed by atoms with E-state index in [2.05, 4.69) is 15.7 Å². The fraction of sp³-hybridized carbons (Fsp3) is 0.150. The van der Waals surface area contributed by atoms with Crippen LogP contribution in [-0.2, 0) is 11.2 Å². The maximum atomic E-state index is 11.9.